The van der Waals surface area contributed by atoms with E-state index >= 15 is 0 Å². The number of anilines is 2. The molecule has 1 atom stereocenters. The van der Waals surface area contributed by atoms with Crippen LogP contribution in [0.1, 0.15) is 18.5 Å². The Bertz CT molecular complexity index is 630. The molecule has 0 aromatic heterocycles. The molecule has 3 N–H and O–H groups in total. The molecule has 0 aliphatic carbocycles. The maximum atomic E-state index is 12.0. The Hall–Kier alpha value is -1.85. The first kappa shape index (κ1) is 15.5. The summed E-state index contributed by atoms with van der Waals surface area (Å²) in [5.74, 6) is 0. The molecule has 0 spiro atoms. The highest BCUT2D eigenvalue weighted by Crippen LogP contribution is 2.18. The summed E-state index contributed by atoms with van der Waals surface area (Å²) in [6, 6.07) is 15.2. The highest BCUT2D eigenvalue weighted by Gasteiger charge is 2.06. The maximum Gasteiger partial charge on any atom is 0.323 e. The highest BCUT2D eigenvalue weighted by atomic mass is 79.9. The van der Waals surface area contributed by atoms with Gasteiger partial charge in [0.2, 0.25) is 0 Å². The van der Waals surface area contributed by atoms with Crippen LogP contribution in [0.15, 0.2) is 53.0 Å². The van der Waals surface area contributed by atoms with E-state index < -0.39 is 0 Å². The van der Waals surface area contributed by atoms with Crippen molar-refractivity contribution in [2.45, 2.75) is 13.0 Å². The number of hydrogen-bond donors (Lipinski definition) is 3. The number of carbonyl (C=O) groups excluding carboxylic acids is 1. The standard InChI is InChI=1S/C16H18BrN3O/c1-11(18-2)12-5-3-7-14(9-12)19-16(21)20-15-8-4-6-13(17)10-15/h3-11,18H,1-2H3,(H2,19,20,21). The van der Waals surface area contributed by atoms with Crippen molar-refractivity contribution < 1.29 is 4.79 Å². The summed E-state index contributed by atoms with van der Waals surface area (Å²) in [5.41, 5.74) is 2.63. The Labute approximate surface area is 133 Å². The number of hydrogen-bond acceptors (Lipinski definition) is 2. The molecule has 0 aliphatic rings. The van der Waals surface area contributed by atoms with E-state index in [9.17, 15) is 4.79 Å². The molecule has 0 bridgehead atoms. The van der Waals surface area contributed by atoms with Gasteiger partial charge in [0.15, 0.2) is 0 Å². The van der Waals surface area contributed by atoms with E-state index in [-0.39, 0.29) is 12.1 Å². The molecule has 21 heavy (non-hydrogen) atoms. The number of nitrogens with one attached hydrogen (secondary N) is 3. The summed E-state index contributed by atoms with van der Waals surface area (Å²) >= 11 is 3.37. The Morgan fingerprint density at radius 2 is 1.67 bits per heavy atom. The van der Waals surface area contributed by atoms with Crippen molar-refractivity contribution in [3.63, 3.8) is 0 Å². The van der Waals surface area contributed by atoms with Gasteiger partial charge in [0.05, 0.1) is 0 Å². The average molecular weight is 348 g/mol. The van der Waals surface area contributed by atoms with Crippen molar-refractivity contribution in [2.24, 2.45) is 0 Å². The Kier molecular flexibility index (Phi) is 5.36. The number of halogens is 1. The fraction of sp³-hybridized carbons (Fsp3) is 0.188. The molecule has 0 radical (unpaired) electrons. The second-order valence-electron chi connectivity index (χ2n) is 4.73. The number of carbonyl (C=O) groups is 1. The van der Waals surface area contributed by atoms with Crippen molar-refractivity contribution in [1.29, 1.82) is 0 Å². The van der Waals surface area contributed by atoms with Gasteiger partial charge in [-0.2, -0.15) is 0 Å². The lowest BCUT2D eigenvalue weighted by atomic mass is 10.1. The minimum atomic E-state index is -0.262. The molecule has 0 saturated carbocycles. The van der Waals surface area contributed by atoms with E-state index in [1.807, 2.05) is 55.6 Å². The Morgan fingerprint density at radius 1 is 1.05 bits per heavy atom. The molecule has 4 nitrogen and oxygen atoms in total. The fourth-order valence-electron chi connectivity index (χ4n) is 1.91. The summed E-state index contributed by atoms with van der Waals surface area (Å²) in [6.45, 7) is 2.07. The quantitative estimate of drug-likeness (QED) is 0.768. The first-order valence-electron chi connectivity index (χ1n) is 6.69. The van der Waals surface area contributed by atoms with E-state index in [0.29, 0.717) is 0 Å². The monoisotopic (exact) mass is 347 g/mol. The van der Waals surface area contributed by atoms with Gasteiger partial charge in [-0.05, 0) is 49.9 Å². The molecule has 0 saturated heterocycles. The van der Waals surface area contributed by atoms with Gasteiger partial charge < -0.3 is 16.0 Å². The summed E-state index contributed by atoms with van der Waals surface area (Å²) in [6.07, 6.45) is 0. The molecular formula is C16H18BrN3O. The summed E-state index contributed by atoms with van der Waals surface area (Å²) in [7, 11) is 1.91. The second-order valence-corrected chi connectivity index (χ2v) is 5.64. The zero-order valence-electron chi connectivity index (χ0n) is 12.0. The van der Waals surface area contributed by atoms with E-state index in [4.69, 9.17) is 0 Å². The SMILES string of the molecule is CNC(C)c1cccc(NC(=O)Nc2cccc(Br)c2)c1. The molecule has 5 heteroatoms. The fourth-order valence-corrected chi connectivity index (χ4v) is 2.31. The molecular weight excluding hydrogens is 330 g/mol. The predicted molar refractivity (Wildman–Crippen MR) is 90.7 cm³/mol. The Morgan fingerprint density at radius 3 is 2.29 bits per heavy atom. The molecule has 2 aromatic carbocycles. The molecule has 110 valence electrons. The van der Waals surface area contributed by atoms with Gasteiger partial charge in [0.1, 0.15) is 0 Å². The van der Waals surface area contributed by atoms with Crippen LogP contribution in [0.25, 0.3) is 0 Å². The minimum absolute atomic E-state index is 0.236. The molecule has 0 heterocycles. The lowest BCUT2D eigenvalue weighted by molar-refractivity contribution is 0.262. The van der Waals surface area contributed by atoms with E-state index in [0.717, 1.165) is 21.4 Å². The zero-order valence-corrected chi connectivity index (χ0v) is 13.6. The topological polar surface area (TPSA) is 53.2 Å². The molecule has 2 aromatic rings. The molecule has 1 unspecified atom stereocenters. The van der Waals surface area contributed by atoms with Crippen LogP contribution >= 0.6 is 15.9 Å². The van der Waals surface area contributed by atoms with Gasteiger partial charge in [-0.25, -0.2) is 4.79 Å². The van der Waals surface area contributed by atoms with Crippen LogP contribution in [-0.2, 0) is 0 Å². The van der Waals surface area contributed by atoms with Crippen LogP contribution in [0.4, 0.5) is 16.2 Å². The van der Waals surface area contributed by atoms with Gasteiger partial charge in [0.25, 0.3) is 0 Å². The molecule has 0 aliphatic heterocycles. The van der Waals surface area contributed by atoms with Crippen LogP contribution in [0.2, 0.25) is 0 Å². The molecule has 2 rings (SSSR count). The van der Waals surface area contributed by atoms with Gasteiger partial charge >= 0.3 is 6.03 Å². The predicted octanol–water partition coefficient (Wildman–Crippen LogP) is 4.37. The van der Waals surface area contributed by atoms with Crippen molar-refractivity contribution in [2.75, 3.05) is 17.7 Å². The maximum absolute atomic E-state index is 12.0. The zero-order chi connectivity index (χ0) is 15.2. The van der Waals surface area contributed by atoms with E-state index in [1.54, 1.807) is 0 Å². The molecule has 0 fully saturated rings. The van der Waals surface area contributed by atoms with E-state index in [2.05, 4.69) is 38.8 Å². The van der Waals surface area contributed by atoms with Gasteiger partial charge in [-0.1, -0.05) is 34.1 Å². The summed E-state index contributed by atoms with van der Waals surface area (Å²) in [5, 5.41) is 8.81. The normalized spacial score (nSPS) is 11.8. The second kappa shape index (κ2) is 7.24. The number of benzene rings is 2. The Balaban J connectivity index is 2.02. The van der Waals surface area contributed by atoms with Crippen LogP contribution in [-0.4, -0.2) is 13.1 Å². The van der Waals surface area contributed by atoms with Crippen LogP contribution < -0.4 is 16.0 Å². The summed E-state index contributed by atoms with van der Waals surface area (Å²) in [4.78, 5) is 12.0. The van der Waals surface area contributed by atoms with Gasteiger partial charge in [-0.3, -0.25) is 0 Å². The third-order valence-electron chi connectivity index (χ3n) is 3.16. The molecule has 2 amide bonds. The van der Waals surface area contributed by atoms with Crippen molar-refractivity contribution in [1.82, 2.24) is 5.32 Å². The average Bonchev–Trinajstić information content (AvgIpc) is 2.46. The van der Waals surface area contributed by atoms with Crippen molar-refractivity contribution >= 4 is 33.3 Å². The largest absolute Gasteiger partial charge is 0.323 e. The lowest BCUT2D eigenvalue weighted by Crippen LogP contribution is -2.20. The first-order valence-corrected chi connectivity index (χ1v) is 7.48. The van der Waals surface area contributed by atoms with Crippen LogP contribution in [0.3, 0.4) is 0 Å². The third-order valence-corrected chi connectivity index (χ3v) is 3.65. The van der Waals surface area contributed by atoms with Gasteiger partial charge in [0, 0.05) is 21.9 Å². The highest BCUT2D eigenvalue weighted by molar-refractivity contribution is 9.10. The number of amides is 2. The third kappa shape index (κ3) is 4.58. The van der Waals surface area contributed by atoms with Crippen LogP contribution in [0, 0.1) is 0 Å². The van der Waals surface area contributed by atoms with E-state index in [1.165, 1.54) is 0 Å². The summed E-state index contributed by atoms with van der Waals surface area (Å²) < 4.78 is 0.921. The van der Waals surface area contributed by atoms with Crippen molar-refractivity contribution in [3.8, 4) is 0 Å². The van der Waals surface area contributed by atoms with Gasteiger partial charge in [-0.15, -0.1) is 0 Å². The smallest absolute Gasteiger partial charge is 0.313 e. The lowest BCUT2D eigenvalue weighted by Gasteiger charge is -2.13. The minimum Gasteiger partial charge on any atom is -0.313 e. The number of rotatable bonds is 4. The van der Waals surface area contributed by atoms with Crippen LogP contribution in [0.5, 0.6) is 0 Å². The first-order chi connectivity index (χ1) is 10.1. The van der Waals surface area contributed by atoms with Crippen molar-refractivity contribution in [3.05, 3.63) is 58.6 Å². The number of urea groups is 1.